The van der Waals surface area contributed by atoms with Gasteiger partial charge in [0.25, 0.3) is 0 Å². The van der Waals surface area contributed by atoms with Crippen molar-refractivity contribution in [2.75, 3.05) is 43.4 Å². The molecule has 1 fully saturated rings. The van der Waals surface area contributed by atoms with Gasteiger partial charge in [0.1, 0.15) is 11.6 Å². The highest BCUT2D eigenvalue weighted by atomic mass is 16.5. The van der Waals surface area contributed by atoms with Crippen LogP contribution in [0.5, 0.6) is 5.75 Å². The molecule has 1 aliphatic rings. The Hall–Kier alpha value is -2.60. The summed E-state index contributed by atoms with van der Waals surface area (Å²) in [5.74, 6) is 1.77. The van der Waals surface area contributed by atoms with E-state index >= 15 is 0 Å². The quantitative estimate of drug-likeness (QED) is 0.780. The highest BCUT2D eigenvalue weighted by molar-refractivity contribution is 5.88. The van der Waals surface area contributed by atoms with Crippen molar-refractivity contribution in [3.63, 3.8) is 0 Å². The molecular weight excluding hydrogens is 326 g/mol. The molecule has 6 heteroatoms. The first-order chi connectivity index (χ1) is 12.5. The summed E-state index contributed by atoms with van der Waals surface area (Å²) in [7, 11) is 2.15. The lowest BCUT2D eigenvalue weighted by Crippen LogP contribution is -2.44. The molecule has 0 bridgehead atoms. The Morgan fingerprint density at radius 3 is 2.62 bits per heavy atom. The first-order valence-electron chi connectivity index (χ1n) is 9.03. The fourth-order valence-electron chi connectivity index (χ4n) is 2.98. The van der Waals surface area contributed by atoms with Gasteiger partial charge in [-0.25, -0.2) is 4.98 Å². The minimum atomic E-state index is 0.110. The van der Waals surface area contributed by atoms with E-state index in [0.29, 0.717) is 0 Å². The number of nitrogens with zero attached hydrogens (tertiary/aromatic N) is 3. The van der Waals surface area contributed by atoms with Crippen molar-refractivity contribution in [3.8, 4) is 5.75 Å². The Morgan fingerprint density at radius 1 is 1.15 bits per heavy atom. The molecule has 0 spiro atoms. The second-order valence-electron chi connectivity index (χ2n) is 6.88. The van der Waals surface area contributed by atoms with E-state index in [2.05, 4.69) is 33.2 Å². The monoisotopic (exact) mass is 353 g/mol. The lowest BCUT2D eigenvalue weighted by atomic mass is 10.1. The first-order valence-corrected chi connectivity index (χ1v) is 9.03. The van der Waals surface area contributed by atoms with Gasteiger partial charge < -0.3 is 25.3 Å². The van der Waals surface area contributed by atoms with Gasteiger partial charge in [-0.2, -0.15) is 0 Å². The second-order valence-corrected chi connectivity index (χ2v) is 6.88. The number of anilines is 3. The minimum absolute atomic E-state index is 0.110. The van der Waals surface area contributed by atoms with Crippen LogP contribution in [0, 0.1) is 5.41 Å². The van der Waals surface area contributed by atoms with Crippen LogP contribution in [0.2, 0.25) is 0 Å². The highest BCUT2D eigenvalue weighted by Crippen LogP contribution is 2.27. The van der Waals surface area contributed by atoms with Gasteiger partial charge in [-0.15, -0.1) is 0 Å². The van der Waals surface area contributed by atoms with Gasteiger partial charge in [-0.1, -0.05) is 0 Å². The summed E-state index contributed by atoms with van der Waals surface area (Å²) in [5, 5.41) is 11.1. The molecule has 1 aromatic carbocycles. The predicted molar refractivity (Wildman–Crippen MR) is 107 cm³/mol. The molecule has 1 saturated heterocycles. The molecule has 0 unspecified atom stereocenters. The molecule has 2 N–H and O–H groups in total. The summed E-state index contributed by atoms with van der Waals surface area (Å²) in [6.45, 7) is 8.07. The van der Waals surface area contributed by atoms with Crippen molar-refractivity contribution < 1.29 is 4.74 Å². The maximum Gasteiger partial charge on any atom is 0.130 e. The van der Waals surface area contributed by atoms with Crippen molar-refractivity contribution in [2.45, 2.75) is 20.0 Å². The number of benzene rings is 1. The molecule has 26 heavy (non-hydrogen) atoms. The summed E-state index contributed by atoms with van der Waals surface area (Å²) in [5.41, 5.74) is 2.63. The van der Waals surface area contributed by atoms with Gasteiger partial charge in [0.2, 0.25) is 0 Å². The predicted octanol–water partition coefficient (Wildman–Crippen LogP) is 3.36. The van der Waals surface area contributed by atoms with Gasteiger partial charge in [-0.05, 0) is 39.1 Å². The molecule has 2 aromatic rings. The zero-order chi connectivity index (χ0) is 18.5. The molecule has 0 amide bonds. The zero-order valence-corrected chi connectivity index (χ0v) is 15.7. The normalized spacial score (nSPS) is 15.2. The van der Waals surface area contributed by atoms with Gasteiger partial charge in [-0.3, -0.25) is 0 Å². The van der Waals surface area contributed by atoms with Gasteiger partial charge >= 0.3 is 0 Å². The van der Waals surface area contributed by atoms with E-state index < -0.39 is 0 Å². The van der Waals surface area contributed by atoms with Gasteiger partial charge in [0.05, 0.1) is 11.8 Å². The average Bonchev–Trinajstić information content (AvgIpc) is 2.62. The van der Waals surface area contributed by atoms with Crippen LogP contribution in [-0.2, 0) is 0 Å². The second kappa shape index (κ2) is 8.19. The Kier molecular flexibility index (Phi) is 5.73. The Balaban J connectivity index is 1.80. The molecule has 1 aromatic heterocycles. The number of aromatic nitrogens is 1. The summed E-state index contributed by atoms with van der Waals surface area (Å²) in [6, 6.07) is 9.75. The van der Waals surface area contributed by atoms with Crippen molar-refractivity contribution >= 4 is 23.4 Å². The summed E-state index contributed by atoms with van der Waals surface area (Å²) in [6.07, 6.45) is 3.29. The largest absolute Gasteiger partial charge is 0.491 e. The molecule has 6 nitrogen and oxygen atoms in total. The number of piperazine rings is 1. The number of pyridine rings is 1. The van der Waals surface area contributed by atoms with E-state index in [1.54, 1.807) is 0 Å². The number of ether oxygens (including phenoxy) is 1. The molecule has 0 radical (unpaired) electrons. The molecular formula is C20H27N5O. The topological polar surface area (TPSA) is 64.5 Å². The van der Waals surface area contributed by atoms with E-state index in [4.69, 9.17) is 10.1 Å². The van der Waals surface area contributed by atoms with Crippen LogP contribution in [0.1, 0.15) is 19.4 Å². The third-order valence-electron chi connectivity index (χ3n) is 4.40. The molecule has 2 heterocycles. The van der Waals surface area contributed by atoms with Crippen molar-refractivity contribution in [1.29, 1.82) is 5.41 Å². The SMILES string of the molecule is CC(C)Oc1ccc(C=N)c(Nc2ccnc(N3CCN(C)CC3)c2)c1. The number of hydrogen-bond acceptors (Lipinski definition) is 6. The van der Waals surface area contributed by atoms with Crippen LogP contribution >= 0.6 is 0 Å². The van der Waals surface area contributed by atoms with Gasteiger partial charge in [0, 0.05) is 62.0 Å². The van der Waals surface area contributed by atoms with Crippen LogP contribution in [0.25, 0.3) is 0 Å². The Labute approximate surface area is 155 Å². The number of nitrogens with one attached hydrogen (secondary N) is 2. The lowest BCUT2D eigenvalue weighted by Gasteiger charge is -2.33. The fraction of sp³-hybridized carbons (Fsp3) is 0.400. The molecule has 0 atom stereocenters. The summed E-state index contributed by atoms with van der Waals surface area (Å²) < 4.78 is 5.78. The maximum atomic E-state index is 7.65. The van der Waals surface area contributed by atoms with E-state index in [1.807, 2.05) is 44.3 Å². The Bertz CT molecular complexity index is 754. The number of likely N-dealkylation sites (N-methyl/N-ethyl adjacent to an activating group) is 1. The zero-order valence-electron chi connectivity index (χ0n) is 15.7. The van der Waals surface area contributed by atoms with Crippen molar-refractivity contribution in [3.05, 3.63) is 42.1 Å². The van der Waals surface area contributed by atoms with Crippen LogP contribution in [-0.4, -0.2) is 55.4 Å². The van der Waals surface area contributed by atoms with Crippen molar-refractivity contribution in [1.82, 2.24) is 9.88 Å². The van der Waals surface area contributed by atoms with Crippen LogP contribution < -0.4 is 15.0 Å². The van der Waals surface area contributed by atoms with E-state index in [9.17, 15) is 0 Å². The third-order valence-corrected chi connectivity index (χ3v) is 4.40. The van der Waals surface area contributed by atoms with E-state index in [1.165, 1.54) is 6.21 Å². The minimum Gasteiger partial charge on any atom is -0.491 e. The van der Waals surface area contributed by atoms with E-state index in [-0.39, 0.29) is 6.10 Å². The maximum absolute atomic E-state index is 7.65. The average molecular weight is 353 g/mol. The molecule has 0 saturated carbocycles. The highest BCUT2D eigenvalue weighted by Gasteiger charge is 2.15. The lowest BCUT2D eigenvalue weighted by molar-refractivity contribution is 0.242. The molecule has 138 valence electrons. The number of hydrogen-bond donors (Lipinski definition) is 2. The number of rotatable bonds is 6. The van der Waals surface area contributed by atoms with E-state index in [0.717, 1.165) is 54.7 Å². The molecule has 1 aliphatic heterocycles. The standard InChI is InChI=1S/C20H27N5O/c1-15(2)26-18-5-4-16(14-21)19(13-18)23-17-6-7-22-20(12-17)25-10-8-24(3)9-11-25/h4-7,12-15,21H,8-11H2,1-3H3,(H,22,23). The fourth-order valence-corrected chi connectivity index (χ4v) is 2.98. The van der Waals surface area contributed by atoms with Crippen LogP contribution in [0.15, 0.2) is 36.5 Å². The molecule has 3 rings (SSSR count). The molecule has 0 aliphatic carbocycles. The smallest absolute Gasteiger partial charge is 0.130 e. The van der Waals surface area contributed by atoms with Crippen LogP contribution in [0.4, 0.5) is 17.2 Å². The van der Waals surface area contributed by atoms with Crippen molar-refractivity contribution in [2.24, 2.45) is 0 Å². The van der Waals surface area contributed by atoms with Gasteiger partial charge in [0.15, 0.2) is 0 Å². The summed E-state index contributed by atoms with van der Waals surface area (Å²) in [4.78, 5) is 9.16. The Morgan fingerprint density at radius 2 is 1.92 bits per heavy atom. The first kappa shape index (κ1) is 18.2. The summed E-state index contributed by atoms with van der Waals surface area (Å²) >= 11 is 0. The van der Waals surface area contributed by atoms with Crippen LogP contribution in [0.3, 0.4) is 0 Å². The third kappa shape index (κ3) is 4.52.